The number of hydrazine groups is 1. The fourth-order valence-corrected chi connectivity index (χ4v) is 5.06. The summed E-state index contributed by atoms with van der Waals surface area (Å²) in [6.45, 7) is 4.29. The average molecular weight is 620 g/mol. The summed E-state index contributed by atoms with van der Waals surface area (Å²) in [7, 11) is 1.76. The maximum absolute atomic E-state index is 13.7. The number of rotatable bonds is 13. The van der Waals surface area contributed by atoms with Gasteiger partial charge in [0.1, 0.15) is 11.4 Å². The Morgan fingerprint density at radius 2 is 1.93 bits per heavy atom. The highest BCUT2D eigenvalue weighted by molar-refractivity contribution is 6.31. The minimum absolute atomic E-state index is 0.289. The Bertz CT molecular complexity index is 1750. The molecule has 0 aliphatic carbocycles. The molecule has 1 atom stereocenters. The lowest BCUT2D eigenvalue weighted by Crippen LogP contribution is -2.29. The Balaban J connectivity index is 1.78. The number of anilines is 2. The molecule has 0 fully saturated rings. The number of carbonyl (C=O) groups excluding carboxylic acids is 1. The molecule has 4 rings (SSSR count). The van der Waals surface area contributed by atoms with Gasteiger partial charge >= 0.3 is 5.97 Å². The van der Waals surface area contributed by atoms with E-state index in [1.165, 1.54) is 12.4 Å². The maximum Gasteiger partial charge on any atom is 0.353 e. The number of hydrogen-bond donors (Lipinski definition) is 4. The molecule has 0 aliphatic rings. The van der Waals surface area contributed by atoms with Gasteiger partial charge in [0.2, 0.25) is 6.41 Å². The standard InChI is InChI=1S/C30H34ClN9O4/c1-18(2)5-4-6-26(19-9-10-34-24(11-19)29-25(36-17-41)14-37-38(29)3)39-16-35-23(13-28(39)42)21-12-20(31)7-8-27(21)40(33)15-22(32)30(43)44/h7-18,26H,4-6,32-33H2,1-3H3,(H,36,41)(H,43,44)/b22-15-. The van der Waals surface area contributed by atoms with Gasteiger partial charge in [-0.1, -0.05) is 38.3 Å². The van der Waals surface area contributed by atoms with Gasteiger partial charge in [-0.05, 0) is 48.2 Å². The Morgan fingerprint density at radius 1 is 1.16 bits per heavy atom. The van der Waals surface area contributed by atoms with Crippen molar-refractivity contribution < 1.29 is 14.7 Å². The van der Waals surface area contributed by atoms with Gasteiger partial charge < -0.3 is 16.2 Å². The van der Waals surface area contributed by atoms with E-state index in [9.17, 15) is 14.4 Å². The average Bonchev–Trinajstić information content (AvgIpc) is 3.35. The second kappa shape index (κ2) is 14.0. The number of halogens is 1. The molecule has 4 aromatic rings. The van der Waals surface area contributed by atoms with E-state index < -0.39 is 11.7 Å². The molecule has 230 valence electrons. The zero-order chi connectivity index (χ0) is 32.0. The number of carboxylic acids is 1. The number of nitrogens with one attached hydrogen (secondary N) is 1. The lowest BCUT2D eigenvalue weighted by molar-refractivity contribution is -0.132. The molecule has 3 heterocycles. The van der Waals surface area contributed by atoms with Crippen LogP contribution in [-0.2, 0) is 16.6 Å². The molecule has 6 N–H and O–H groups in total. The molecule has 0 spiro atoms. The van der Waals surface area contributed by atoms with Gasteiger partial charge in [0, 0.05) is 29.9 Å². The van der Waals surface area contributed by atoms with Crippen LogP contribution in [0.5, 0.6) is 0 Å². The fraction of sp³-hybridized carbons (Fsp3) is 0.267. The van der Waals surface area contributed by atoms with Gasteiger partial charge in [0.25, 0.3) is 5.56 Å². The highest BCUT2D eigenvalue weighted by atomic mass is 35.5. The second-order valence-electron chi connectivity index (χ2n) is 10.6. The zero-order valence-corrected chi connectivity index (χ0v) is 25.3. The number of aryl methyl sites for hydroxylation is 1. The van der Waals surface area contributed by atoms with Crippen molar-refractivity contribution in [2.24, 2.45) is 24.5 Å². The smallest absolute Gasteiger partial charge is 0.353 e. The molecular weight excluding hydrogens is 586 g/mol. The minimum atomic E-state index is -1.33. The summed E-state index contributed by atoms with van der Waals surface area (Å²) in [4.78, 5) is 45.2. The van der Waals surface area contributed by atoms with Crippen LogP contribution in [0.3, 0.4) is 0 Å². The number of carboxylic acid groups (broad SMARTS) is 1. The van der Waals surface area contributed by atoms with E-state index in [2.05, 4.69) is 34.2 Å². The van der Waals surface area contributed by atoms with Crippen LogP contribution < -0.4 is 27.5 Å². The van der Waals surface area contributed by atoms with E-state index in [4.69, 9.17) is 28.3 Å². The maximum atomic E-state index is 13.7. The number of pyridine rings is 1. The van der Waals surface area contributed by atoms with Crippen molar-refractivity contribution in [3.63, 3.8) is 0 Å². The summed E-state index contributed by atoms with van der Waals surface area (Å²) in [5.41, 5.74) is 8.35. The first-order valence-corrected chi connectivity index (χ1v) is 14.2. The van der Waals surface area contributed by atoms with E-state index in [-0.39, 0.29) is 17.3 Å². The first kappa shape index (κ1) is 31.9. The first-order chi connectivity index (χ1) is 21.0. The molecular formula is C30H34ClN9O4. The summed E-state index contributed by atoms with van der Waals surface area (Å²) >= 11 is 6.27. The van der Waals surface area contributed by atoms with Crippen LogP contribution in [0.1, 0.15) is 44.7 Å². The fourth-order valence-electron chi connectivity index (χ4n) is 4.88. The van der Waals surface area contributed by atoms with Crippen LogP contribution >= 0.6 is 11.6 Å². The third-order valence-corrected chi connectivity index (χ3v) is 7.27. The third-order valence-electron chi connectivity index (χ3n) is 7.03. The molecule has 1 unspecified atom stereocenters. The molecule has 14 heteroatoms. The highest BCUT2D eigenvalue weighted by Crippen LogP contribution is 2.33. The number of aromatic nitrogens is 5. The summed E-state index contributed by atoms with van der Waals surface area (Å²) in [5, 5.41) is 17.5. The van der Waals surface area contributed by atoms with Crippen molar-refractivity contribution in [1.29, 1.82) is 0 Å². The molecule has 0 radical (unpaired) electrons. The first-order valence-electron chi connectivity index (χ1n) is 13.8. The molecule has 3 aromatic heterocycles. The van der Waals surface area contributed by atoms with E-state index in [1.807, 2.05) is 12.1 Å². The van der Waals surface area contributed by atoms with E-state index >= 15 is 0 Å². The Hall–Kier alpha value is -5.01. The number of aliphatic carboxylic acids is 1. The largest absolute Gasteiger partial charge is 0.477 e. The van der Waals surface area contributed by atoms with Crippen molar-refractivity contribution in [2.75, 3.05) is 10.3 Å². The van der Waals surface area contributed by atoms with E-state index in [0.29, 0.717) is 52.1 Å². The molecule has 1 aromatic carbocycles. The third kappa shape index (κ3) is 7.30. The number of amides is 1. The van der Waals surface area contributed by atoms with Gasteiger partial charge in [-0.3, -0.25) is 28.8 Å². The van der Waals surface area contributed by atoms with Crippen molar-refractivity contribution in [3.8, 4) is 22.6 Å². The van der Waals surface area contributed by atoms with Crippen molar-refractivity contribution in [1.82, 2.24) is 24.3 Å². The van der Waals surface area contributed by atoms with Crippen LogP contribution in [-0.4, -0.2) is 41.8 Å². The Labute approximate surface area is 258 Å². The highest BCUT2D eigenvalue weighted by Gasteiger charge is 2.21. The molecule has 0 bridgehead atoms. The number of benzene rings is 1. The van der Waals surface area contributed by atoms with Crippen molar-refractivity contribution >= 4 is 35.4 Å². The number of carbonyl (C=O) groups is 2. The van der Waals surface area contributed by atoms with Gasteiger partial charge in [-0.15, -0.1) is 0 Å². The minimum Gasteiger partial charge on any atom is -0.477 e. The molecule has 13 nitrogen and oxygen atoms in total. The van der Waals surface area contributed by atoms with Crippen LogP contribution in [0.4, 0.5) is 11.4 Å². The normalized spacial score (nSPS) is 12.3. The number of hydrogen-bond acceptors (Lipinski definition) is 9. The summed E-state index contributed by atoms with van der Waals surface area (Å²) in [6.07, 6.45) is 8.81. The number of nitrogens with two attached hydrogens (primary N) is 2. The van der Waals surface area contributed by atoms with E-state index in [0.717, 1.165) is 29.6 Å². The summed E-state index contributed by atoms with van der Waals surface area (Å²) in [5.74, 6) is 5.26. The summed E-state index contributed by atoms with van der Waals surface area (Å²) < 4.78 is 3.19. The quantitative estimate of drug-likeness (QED) is 0.0739. The van der Waals surface area contributed by atoms with Crippen LogP contribution in [0.25, 0.3) is 22.6 Å². The van der Waals surface area contributed by atoms with Crippen LogP contribution in [0, 0.1) is 5.92 Å². The topological polar surface area (TPSA) is 187 Å². The van der Waals surface area contributed by atoms with Crippen molar-refractivity contribution in [3.05, 3.63) is 88.0 Å². The molecule has 0 saturated carbocycles. The molecule has 0 aliphatic heterocycles. The van der Waals surface area contributed by atoms with Gasteiger partial charge in [-0.2, -0.15) is 5.10 Å². The molecule has 44 heavy (non-hydrogen) atoms. The summed E-state index contributed by atoms with van der Waals surface area (Å²) in [6, 6.07) is 9.50. The lowest BCUT2D eigenvalue weighted by atomic mass is 9.97. The number of nitrogens with zero attached hydrogens (tertiary/aromatic N) is 6. The van der Waals surface area contributed by atoms with Crippen LogP contribution in [0.2, 0.25) is 5.02 Å². The van der Waals surface area contributed by atoms with Gasteiger partial charge in [0.05, 0.1) is 47.5 Å². The van der Waals surface area contributed by atoms with Crippen molar-refractivity contribution in [2.45, 2.75) is 39.2 Å². The predicted molar refractivity (Wildman–Crippen MR) is 168 cm³/mol. The van der Waals surface area contributed by atoms with Gasteiger partial charge in [-0.25, -0.2) is 15.6 Å². The Kier molecular flexibility index (Phi) is 10.1. The predicted octanol–water partition coefficient (Wildman–Crippen LogP) is 3.91. The monoisotopic (exact) mass is 619 g/mol. The molecule has 1 amide bonds. The zero-order valence-electron chi connectivity index (χ0n) is 24.5. The Morgan fingerprint density at radius 3 is 2.61 bits per heavy atom. The van der Waals surface area contributed by atoms with Gasteiger partial charge in [0.15, 0.2) is 0 Å². The lowest BCUT2D eigenvalue weighted by Gasteiger charge is -2.22. The SMILES string of the molecule is CC(C)CCCC(c1ccnc(-c2c(NC=O)cnn2C)c1)n1cnc(-c2cc(Cl)ccc2N(N)/C=C(\N)C(=O)O)cc1=O. The molecule has 0 saturated heterocycles. The second-order valence-corrected chi connectivity index (χ2v) is 11.0. The van der Waals surface area contributed by atoms with Crippen LogP contribution in [0.15, 0.2) is 71.8 Å². The van der Waals surface area contributed by atoms with E-state index in [1.54, 1.807) is 46.9 Å².